The number of pyridine rings is 1. The summed E-state index contributed by atoms with van der Waals surface area (Å²) in [5.74, 6) is -1.23. The Balaban J connectivity index is 3.29. The molecule has 0 aliphatic rings. The highest BCUT2D eigenvalue weighted by atomic mass is 16.5. The molecule has 6 heteroatoms. The van der Waals surface area contributed by atoms with Crippen molar-refractivity contribution >= 4 is 11.9 Å². The Morgan fingerprint density at radius 3 is 2.30 bits per heavy atom. The molecule has 1 heterocycles. The minimum Gasteiger partial charge on any atom is -0.462 e. The summed E-state index contributed by atoms with van der Waals surface area (Å²) in [6.07, 6.45) is 0. The zero-order valence-electron chi connectivity index (χ0n) is 12.2. The highest BCUT2D eigenvalue weighted by Crippen LogP contribution is 2.16. The van der Waals surface area contributed by atoms with Gasteiger partial charge in [-0.1, -0.05) is 0 Å². The summed E-state index contributed by atoms with van der Waals surface area (Å²) in [7, 11) is 1.54. The second-order valence-corrected chi connectivity index (χ2v) is 4.00. The quantitative estimate of drug-likeness (QED) is 0.741. The second-order valence-electron chi connectivity index (χ2n) is 4.00. The van der Waals surface area contributed by atoms with Crippen molar-refractivity contribution < 1.29 is 23.8 Å². The Labute approximate surface area is 118 Å². The third-order valence-corrected chi connectivity index (χ3v) is 2.58. The van der Waals surface area contributed by atoms with Crippen molar-refractivity contribution in [1.82, 2.24) is 4.98 Å². The Morgan fingerprint density at radius 2 is 1.75 bits per heavy atom. The van der Waals surface area contributed by atoms with Gasteiger partial charge in [-0.3, -0.25) is 0 Å². The summed E-state index contributed by atoms with van der Waals surface area (Å²) in [6, 6.07) is 1.57. The van der Waals surface area contributed by atoms with Gasteiger partial charge in [-0.25, -0.2) is 14.6 Å². The van der Waals surface area contributed by atoms with E-state index >= 15 is 0 Å². The summed E-state index contributed by atoms with van der Waals surface area (Å²) in [5.41, 5.74) is 1.41. The van der Waals surface area contributed by atoms with Crippen LogP contribution in [0.2, 0.25) is 0 Å². The first kappa shape index (κ1) is 16.1. The van der Waals surface area contributed by atoms with Crippen molar-refractivity contribution in [3.63, 3.8) is 0 Å². The van der Waals surface area contributed by atoms with E-state index in [1.54, 1.807) is 33.9 Å². The van der Waals surface area contributed by atoms with E-state index in [-0.39, 0.29) is 24.5 Å². The van der Waals surface area contributed by atoms with Crippen molar-refractivity contribution in [2.45, 2.75) is 27.4 Å². The van der Waals surface area contributed by atoms with Crippen LogP contribution in [0.25, 0.3) is 0 Å². The number of carbonyl (C=O) groups is 2. The van der Waals surface area contributed by atoms with Crippen LogP contribution in [-0.4, -0.2) is 37.2 Å². The van der Waals surface area contributed by atoms with Gasteiger partial charge in [-0.15, -0.1) is 0 Å². The van der Waals surface area contributed by atoms with Crippen molar-refractivity contribution in [1.29, 1.82) is 0 Å². The Morgan fingerprint density at radius 1 is 1.15 bits per heavy atom. The number of nitrogens with zero attached hydrogens (tertiary/aromatic N) is 1. The number of esters is 2. The molecule has 0 saturated carbocycles. The zero-order valence-corrected chi connectivity index (χ0v) is 12.2. The Kier molecular flexibility index (Phi) is 6.11. The van der Waals surface area contributed by atoms with Gasteiger partial charge in [0.05, 0.1) is 25.4 Å². The number of aromatic nitrogens is 1. The van der Waals surface area contributed by atoms with Crippen LogP contribution in [0.5, 0.6) is 0 Å². The lowest BCUT2D eigenvalue weighted by Gasteiger charge is -2.11. The molecule has 110 valence electrons. The number of aryl methyl sites for hydroxylation is 1. The van der Waals surface area contributed by atoms with E-state index in [4.69, 9.17) is 14.2 Å². The molecule has 0 unspecified atom stereocenters. The first-order valence-electron chi connectivity index (χ1n) is 6.38. The number of carbonyl (C=O) groups excluding carboxylic acids is 2. The molecule has 0 saturated heterocycles. The van der Waals surface area contributed by atoms with Crippen LogP contribution in [-0.2, 0) is 20.8 Å². The van der Waals surface area contributed by atoms with Crippen LogP contribution >= 0.6 is 0 Å². The molecule has 0 N–H and O–H groups in total. The van der Waals surface area contributed by atoms with E-state index in [2.05, 4.69) is 4.98 Å². The SMILES string of the molecule is CCOC(=O)c1cc(COC)c(C)nc1C(=O)OCC. The lowest BCUT2D eigenvalue weighted by Crippen LogP contribution is -2.18. The summed E-state index contributed by atoms with van der Waals surface area (Å²) < 4.78 is 14.9. The predicted molar refractivity (Wildman–Crippen MR) is 71.6 cm³/mol. The summed E-state index contributed by atoms with van der Waals surface area (Å²) >= 11 is 0. The van der Waals surface area contributed by atoms with Crippen LogP contribution in [0.4, 0.5) is 0 Å². The van der Waals surface area contributed by atoms with Crippen molar-refractivity contribution in [3.05, 3.63) is 28.6 Å². The molecule has 0 amide bonds. The summed E-state index contributed by atoms with van der Waals surface area (Å²) in [5, 5.41) is 0. The van der Waals surface area contributed by atoms with Gasteiger partial charge in [0.2, 0.25) is 0 Å². The molecule has 0 spiro atoms. The van der Waals surface area contributed by atoms with Gasteiger partial charge in [0.15, 0.2) is 5.69 Å². The van der Waals surface area contributed by atoms with E-state index in [9.17, 15) is 9.59 Å². The van der Waals surface area contributed by atoms with Crippen molar-refractivity contribution in [2.24, 2.45) is 0 Å². The minimum atomic E-state index is -0.636. The van der Waals surface area contributed by atoms with E-state index in [0.717, 1.165) is 5.56 Å². The smallest absolute Gasteiger partial charge is 0.357 e. The largest absolute Gasteiger partial charge is 0.462 e. The number of hydrogen-bond acceptors (Lipinski definition) is 6. The zero-order chi connectivity index (χ0) is 15.1. The van der Waals surface area contributed by atoms with Crippen LogP contribution < -0.4 is 0 Å². The monoisotopic (exact) mass is 281 g/mol. The number of ether oxygens (including phenoxy) is 3. The van der Waals surface area contributed by atoms with Crippen LogP contribution in [0.15, 0.2) is 6.07 Å². The van der Waals surface area contributed by atoms with Gasteiger partial charge < -0.3 is 14.2 Å². The fourth-order valence-electron chi connectivity index (χ4n) is 1.67. The molecule has 1 aromatic heterocycles. The topological polar surface area (TPSA) is 74.7 Å². The third kappa shape index (κ3) is 3.77. The van der Waals surface area contributed by atoms with Gasteiger partial charge >= 0.3 is 11.9 Å². The molecule has 0 aromatic carbocycles. The van der Waals surface area contributed by atoms with E-state index in [0.29, 0.717) is 12.3 Å². The normalized spacial score (nSPS) is 10.2. The van der Waals surface area contributed by atoms with Gasteiger partial charge in [-0.2, -0.15) is 0 Å². The molecule has 0 aliphatic heterocycles. The molecule has 0 aliphatic carbocycles. The van der Waals surface area contributed by atoms with Gasteiger partial charge in [0, 0.05) is 12.8 Å². The standard InChI is InChI=1S/C14H19NO5/c1-5-19-13(16)11-7-10(8-18-4)9(3)15-12(11)14(17)20-6-2/h7H,5-6,8H2,1-4H3. The first-order chi connectivity index (χ1) is 9.54. The first-order valence-corrected chi connectivity index (χ1v) is 6.38. The minimum absolute atomic E-state index is 0.0253. The number of hydrogen-bond donors (Lipinski definition) is 0. The highest BCUT2D eigenvalue weighted by molar-refractivity contribution is 6.02. The average Bonchev–Trinajstić information content (AvgIpc) is 2.41. The summed E-state index contributed by atoms with van der Waals surface area (Å²) in [6.45, 7) is 5.85. The molecular weight excluding hydrogens is 262 g/mol. The van der Waals surface area contributed by atoms with Gasteiger partial charge in [0.1, 0.15) is 0 Å². The van der Waals surface area contributed by atoms with E-state index in [1.165, 1.54) is 0 Å². The fourth-order valence-corrected chi connectivity index (χ4v) is 1.67. The third-order valence-electron chi connectivity index (χ3n) is 2.58. The molecule has 0 atom stereocenters. The highest BCUT2D eigenvalue weighted by Gasteiger charge is 2.23. The fraction of sp³-hybridized carbons (Fsp3) is 0.500. The second kappa shape index (κ2) is 7.59. The average molecular weight is 281 g/mol. The molecule has 0 fully saturated rings. The van der Waals surface area contributed by atoms with Gasteiger partial charge in [-0.05, 0) is 32.4 Å². The predicted octanol–water partition coefficient (Wildman–Crippen LogP) is 1.89. The summed E-state index contributed by atoms with van der Waals surface area (Å²) in [4.78, 5) is 28.0. The molecule has 20 heavy (non-hydrogen) atoms. The maximum Gasteiger partial charge on any atom is 0.357 e. The molecule has 1 aromatic rings. The lowest BCUT2D eigenvalue weighted by molar-refractivity contribution is 0.0472. The van der Waals surface area contributed by atoms with E-state index < -0.39 is 11.9 Å². The van der Waals surface area contributed by atoms with Crippen LogP contribution in [0.3, 0.4) is 0 Å². The Bertz CT molecular complexity index is 499. The molecule has 1 rings (SSSR count). The van der Waals surface area contributed by atoms with Crippen LogP contribution in [0, 0.1) is 6.92 Å². The van der Waals surface area contributed by atoms with Crippen molar-refractivity contribution in [3.8, 4) is 0 Å². The Hall–Kier alpha value is -1.95. The van der Waals surface area contributed by atoms with Gasteiger partial charge in [0.25, 0.3) is 0 Å². The maximum atomic E-state index is 11.9. The maximum absolute atomic E-state index is 11.9. The number of rotatable bonds is 6. The molecule has 0 radical (unpaired) electrons. The van der Waals surface area contributed by atoms with Crippen molar-refractivity contribution in [2.75, 3.05) is 20.3 Å². The van der Waals surface area contributed by atoms with E-state index in [1.807, 2.05) is 0 Å². The lowest BCUT2D eigenvalue weighted by atomic mass is 10.1. The molecular formula is C14H19NO5. The molecule has 6 nitrogen and oxygen atoms in total. The number of methoxy groups -OCH3 is 1. The van der Waals surface area contributed by atoms with Crippen LogP contribution in [0.1, 0.15) is 46.0 Å². The molecule has 0 bridgehead atoms.